The first kappa shape index (κ1) is 9.49. The van der Waals surface area contributed by atoms with Crippen LogP contribution in [0.2, 0.25) is 0 Å². The fourth-order valence-corrected chi connectivity index (χ4v) is 1.93. The Morgan fingerprint density at radius 3 is 2.18 bits per heavy atom. The van der Waals surface area contributed by atoms with Crippen molar-refractivity contribution in [3.63, 3.8) is 0 Å². The maximum atomic E-state index is 5.65. The third-order valence-electron chi connectivity index (χ3n) is 1.84. The summed E-state index contributed by atoms with van der Waals surface area (Å²) >= 11 is 3.40. The van der Waals surface area contributed by atoms with E-state index in [1.807, 2.05) is 13.8 Å². The van der Waals surface area contributed by atoms with Crippen molar-refractivity contribution in [2.45, 2.75) is 45.2 Å². The van der Waals surface area contributed by atoms with E-state index in [4.69, 9.17) is 9.47 Å². The number of ether oxygens (including phenoxy) is 2. The summed E-state index contributed by atoms with van der Waals surface area (Å²) < 4.78 is 11.3. The molecule has 0 bridgehead atoms. The summed E-state index contributed by atoms with van der Waals surface area (Å²) in [6.07, 6.45) is 1.49. The Balaban J connectivity index is 2.55. The second-order valence-corrected chi connectivity index (χ2v) is 3.92. The van der Waals surface area contributed by atoms with Crippen molar-refractivity contribution in [1.29, 1.82) is 0 Å². The Kier molecular flexibility index (Phi) is 2.95. The smallest absolute Gasteiger partial charge is 0.163 e. The highest BCUT2D eigenvalue weighted by molar-refractivity contribution is 9.09. The molecule has 2 nitrogen and oxygen atoms in total. The number of hydrogen-bond donors (Lipinski definition) is 0. The summed E-state index contributed by atoms with van der Waals surface area (Å²) in [7, 11) is 0. The van der Waals surface area contributed by atoms with Crippen LogP contribution in [-0.4, -0.2) is 23.3 Å². The van der Waals surface area contributed by atoms with E-state index in [0.717, 1.165) is 11.8 Å². The fourth-order valence-electron chi connectivity index (χ4n) is 1.39. The summed E-state index contributed by atoms with van der Waals surface area (Å²) in [6.45, 7) is 6.03. The summed E-state index contributed by atoms with van der Waals surface area (Å²) in [5.74, 6) is -0.390. The first-order valence-electron chi connectivity index (χ1n) is 4.00. The Labute approximate surface area is 76.4 Å². The van der Waals surface area contributed by atoms with Crippen molar-refractivity contribution in [3.8, 4) is 0 Å². The van der Waals surface area contributed by atoms with Crippen LogP contribution in [0.4, 0.5) is 0 Å². The molecule has 0 aromatic heterocycles. The molecule has 2 atom stereocenters. The van der Waals surface area contributed by atoms with Crippen molar-refractivity contribution in [2.24, 2.45) is 0 Å². The summed E-state index contributed by atoms with van der Waals surface area (Å²) in [5.41, 5.74) is 0. The molecule has 1 rings (SSSR count). The Hall–Kier alpha value is 0.400. The van der Waals surface area contributed by atoms with Crippen LogP contribution < -0.4 is 0 Å². The lowest BCUT2D eigenvalue weighted by atomic mass is 10.2. The van der Waals surface area contributed by atoms with Crippen LogP contribution in [0.1, 0.15) is 27.2 Å². The topological polar surface area (TPSA) is 18.5 Å². The van der Waals surface area contributed by atoms with Crippen molar-refractivity contribution in [2.75, 3.05) is 5.33 Å². The van der Waals surface area contributed by atoms with E-state index in [9.17, 15) is 0 Å². The van der Waals surface area contributed by atoms with Gasteiger partial charge in [0.25, 0.3) is 0 Å². The van der Waals surface area contributed by atoms with Crippen LogP contribution in [0.3, 0.4) is 0 Å². The molecule has 0 N–H and O–H groups in total. The highest BCUT2D eigenvalue weighted by Crippen LogP contribution is 2.30. The molecular formula is C8H15BrO2. The van der Waals surface area contributed by atoms with Crippen LogP contribution in [0, 0.1) is 0 Å². The minimum absolute atomic E-state index is 0.218. The zero-order valence-corrected chi connectivity index (χ0v) is 8.85. The molecule has 0 radical (unpaired) electrons. The summed E-state index contributed by atoms with van der Waals surface area (Å²) in [5, 5.41) is 0.856. The normalized spacial score (nSPS) is 36.0. The Bertz CT molecular complexity index is 122. The van der Waals surface area contributed by atoms with Crippen molar-refractivity contribution in [1.82, 2.24) is 0 Å². The highest BCUT2D eigenvalue weighted by atomic mass is 79.9. The van der Waals surface area contributed by atoms with E-state index >= 15 is 0 Å². The van der Waals surface area contributed by atoms with Gasteiger partial charge in [-0.3, -0.25) is 0 Å². The van der Waals surface area contributed by atoms with Gasteiger partial charge in [0.1, 0.15) is 0 Å². The first-order valence-corrected chi connectivity index (χ1v) is 5.13. The zero-order chi connectivity index (χ0) is 8.48. The van der Waals surface area contributed by atoms with Crippen molar-refractivity contribution >= 4 is 15.9 Å². The molecule has 1 saturated heterocycles. The minimum atomic E-state index is -0.390. The van der Waals surface area contributed by atoms with Gasteiger partial charge in [0.2, 0.25) is 0 Å². The molecule has 0 aliphatic carbocycles. The van der Waals surface area contributed by atoms with Gasteiger partial charge in [-0.05, 0) is 20.3 Å². The Morgan fingerprint density at radius 2 is 1.82 bits per heavy atom. The third-order valence-corrected chi connectivity index (χ3v) is 2.48. The average Bonchev–Trinajstić information content (AvgIpc) is 2.25. The van der Waals surface area contributed by atoms with E-state index in [-0.39, 0.29) is 18.0 Å². The molecule has 11 heavy (non-hydrogen) atoms. The van der Waals surface area contributed by atoms with E-state index in [1.54, 1.807) is 0 Å². The minimum Gasteiger partial charge on any atom is -0.345 e. The van der Waals surface area contributed by atoms with Crippen LogP contribution >= 0.6 is 15.9 Å². The van der Waals surface area contributed by atoms with Gasteiger partial charge in [-0.25, -0.2) is 0 Å². The van der Waals surface area contributed by atoms with Gasteiger partial charge in [0.15, 0.2) is 5.79 Å². The van der Waals surface area contributed by atoms with E-state index in [2.05, 4.69) is 22.9 Å². The number of rotatable bonds is 2. The van der Waals surface area contributed by atoms with E-state index in [0.29, 0.717) is 0 Å². The lowest BCUT2D eigenvalue weighted by molar-refractivity contribution is -0.144. The predicted molar refractivity (Wildman–Crippen MR) is 47.9 cm³/mol. The number of halogens is 1. The van der Waals surface area contributed by atoms with Gasteiger partial charge in [-0.2, -0.15) is 0 Å². The summed E-state index contributed by atoms with van der Waals surface area (Å²) in [4.78, 5) is 0. The van der Waals surface area contributed by atoms with Gasteiger partial charge >= 0.3 is 0 Å². The number of alkyl halides is 1. The predicted octanol–water partition coefficient (Wildman–Crippen LogP) is 2.31. The molecule has 0 saturated carbocycles. The monoisotopic (exact) mass is 222 g/mol. The molecule has 66 valence electrons. The zero-order valence-electron chi connectivity index (χ0n) is 7.26. The van der Waals surface area contributed by atoms with E-state index < -0.39 is 0 Å². The molecule has 1 aliphatic heterocycles. The van der Waals surface area contributed by atoms with Crippen LogP contribution in [-0.2, 0) is 9.47 Å². The highest BCUT2D eigenvalue weighted by Gasteiger charge is 2.39. The van der Waals surface area contributed by atoms with Gasteiger partial charge in [0.05, 0.1) is 12.2 Å². The van der Waals surface area contributed by atoms with Gasteiger partial charge in [0, 0.05) is 5.33 Å². The van der Waals surface area contributed by atoms with Crippen LogP contribution in [0.25, 0.3) is 0 Å². The maximum absolute atomic E-state index is 5.65. The van der Waals surface area contributed by atoms with Crippen molar-refractivity contribution < 1.29 is 9.47 Å². The summed E-state index contributed by atoms with van der Waals surface area (Å²) in [6, 6.07) is 0. The van der Waals surface area contributed by atoms with Gasteiger partial charge < -0.3 is 9.47 Å². The first-order chi connectivity index (χ1) is 5.09. The molecule has 0 amide bonds. The molecular weight excluding hydrogens is 208 g/mol. The lowest BCUT2D eigenvalue weighted by Crippen LogP contribution is -2.22. The second kappa shape index (κ2) is 3.42. The fraction of sp³-hybridized carbons (Fsp3) is 1.00. The van der Waals surface area contributed by atoms with Crippen molar-refractivity contribution in [3.05, 3.63) is 0 Å². The SMILES string of the molecule is CC[C@@H]1OC(C)(C)O[C@H]1CBr. The standard InChI is InChI=1S/C8H15BrO2/c1-4-6-7(5-9)11-8(2,3)10-6/h6-7H,4-5H2,1-3H3/t6-,7-/m0/s1. The molecule has 1 heterocycles. The molecule has 0 unspecified atom stereocenters. The maximum Gasteiger partial charge on any atom is 0.163 e. The lowest BCUT2D eigenvalue weighted by Gasteiger charge is -2.16. The quantitative estimate of drug-likeness (QED) is 0.669. The second-order valence-electron chi connectivity index (χ2n) is 3.27. The molecule has 1 fully saturated rings. The number of hydrogen-bond acceptors (Lipinski definition) is 2. The largest absolute Gasteiger partial charge is 0.345 e. The molecule has 3 heteroatoms. The van der Waals surface area contributed by atoms with E-state index in [1.165, 1.54) is 0 Å². The molecule has 0 spiro atoms. The third kappa shape index (κ3) is 2.17. The average molecular weight is 223 g/mol. The molecule has 0 aromatic carbocycles. The van der Waals surface area contributed by atoms with Gasteiger partial charge in [-0.15, -0.1) is 0 Å². The van der Waals surface area contributed by atoms with Crippen LogP contribution in [0.15, 0.2) is 0 Å². The van der Waals surface area contributed by atoms with Gasteiger partial charge in [-0.1, -0.05) is 22.9 Å². The molecule has 0 aromatic rings. The Morgan fingerprint density at radius 1 is 1.27 bits per heavy atom. The molecule has 1 aliphatic rings. The van der Waals surface area contributed by atoms with Crippen LogP contribution in [0.5, 0.6) is 0 Å².